The quantitative estimate of drug-likeness (QED) is 0.133. The zero-order valence-corrected chi connectivity index (χ0v) is 66.7. The summed E-state index contributed by atoms with van der Waals surface area (Å²) in [4.78, 5) is 0. The van der Waals surface area contributed by atoms with E-state index in [1.807, 2.05) is 6.07 Å². The van der Waals surface area contributed by atoms with Crippen LogP contribution >= 0.6 is 0 Å². The van der Waals surface area contributed by atoms with E-state index in [4.69, 9.17) is 0 Å². The van der Waals surface area contributed by atoms with Crippen LogP contribution in [0.15, 0.2) is 449 Å². The Morgan fingerprint density at radius 2 is 0.353 bits per heavy atom. The van der Waals surface area contributed by atoms with Crippen molar-refractivity contribution < 1.29 is 0 Å². The molecule has 0 nitrogen and oxygen atoms in total. The fourth-order valence-electron chi connectivity index (χ4n) is 15.9. The van der Waals surface area contributed by atoms with Crippen molar-refractivity contribution in [1.82, 2.24) is 0 Å². The molecule has 0 aromatic heterocycles. The number of rotatable bonds is 8. The van der Waals surface area contributed by atoms with Gasteiger partial charge in [0.05, 0.1) is 0 Å². The van der Waals surface area contributed by atoms with E-state index in [0.29, 0.717) is 0 Å². The van der Waals surface area contributed by atoms with E-state index in [9.17, 15) is 0 Å². The van der Waals surface area contributed by atoms with Crippen LogP contribution in [0.1, 0.15) is 33.4 Å². The molecule has 0 N–H and O–H groups in total. The molecule has 0 bridgehead atoms. The Morgan fingerprint density at radius 3 is 0.784 bits per heavy atom. The molecule has 556 valence electrons. The normalized spacial score (nSPS) is 10.8. The van der Waals surface area contributed by atoms with Gasteiger partial charge in [-0.05, 0) is 271 Å². The van der Waals surface area contributed by atoms with Gasteiger partial charge >= 0.3 is 0 Å². The monoisotopic (exact) mass is 1480 g/mol. The summed E-state index contributed by atoms with van der Waals surface area (Å²) in [5.74, 6) is 0. The van der Waals surface area contributed by atoms with Crippen LogP contribution in [0.25, 0.3) is 164 Å². The minimum Gasteiger partial charge on any atom is -0.0622 e. The molecule has 0 aliphatic carbocycles. The minimum atomic E-state index is 1.26. The summed E-state index contributed by atoms with van der Waals surface area (Å²) in [5.41, 5.74) is 28.2. The molecule has 0 heteroatoms. The smallest absolute Gasteiger partial charge is 0.00266 e. The molecule has 0 radical (unpaired) electrons. The lowest BCUT2D eigenvalue weighted by Gasteiger charge is -2.11. The summed E-state index contributed by atoms with van der Waals surface area (Å²) in [5, 5.41) is 18.5. The molecular formula is C116H92. The first-order chi connectivity index (χ1) is 56.9. The SMILES string of the molecule is Cc1cc(-c2ccc3ccccc3c2)cc(-c2ccc3ccccc3c2)c1.Cc1cc(-c2ccccc2)cc(-c2ccccc2)c1.Cc1cc2ccc3cccc4ccc(c1)c2c34.Cc1ccc(-c2ccccc2)cc1-c1ccccc1.Cc1ccc2cc(-c3ccccc3)ccc2c1.Cc1ccc2ccc(-c3ccccc3)cc2c1. The van der Waals surface area contributed by atoms with Gasteiger partial charge in [0.15, 0.2) is 0 Å². The molecule has 116 heavy (non-hydrogen) atoms. The maximum atomic E-state index is 2.31. The number of aryl methyl sites for hydroxylation is 6. The van der Waals surface area contributed by atoms with Gasteiger partial charge in [-0.3, -0.25) is 0 Å². The largest absolute Gasteiger partial charge is 0.0622 e. The summed E-state index contributed by atoms with van der Waals surface area (Å²) in [6.07, 6.45) is 0. The molecule has 21 aromatic rings. The molecule has 0 atom stereocenters. The number of benzene rings is 21. The van der Waals surface area contributed by atoms with E-state index in [0.717, 1.165) is 0 Å². The Balaban J connectivity index is 0.000000105. The van der Waals surface area contributed by atoms with Crippen LogP contribution in [0.4, 0.5) is 0 Å². The second kappa shape index (κ2) is 35.6. The molecular weight excluding hydrogens is 1390 g/mol. The molecule has 0 spiro atoms. The molecule has 0 amide bonds. The van der Waals surface area contributed by atoms with E-state index in [1.165, 1.54) is 198 Å². The predicted octanol–water partition coefficient (Wildman–Crippen LogP) is 32.8. The lowest BCUT2D eigenvalue weighted by atomic mass is 9.93. The zero-order valence-electron chi connectivity index (χ0n) is 66.7. The van der Waals surface area contributed by atoms with E-state index in [-0.39, 0.29) is 0 Å². The molecule has 0 aliphatic rings. The number of hydrogen-bond acceptors (Lipinski definition) is 0. The van der Waals surface area contributed by atoms with Gasteiger partial charge in [-0.2, -0.15) is 0 Å². The van der Waals surface area contributed by atoms with Gasteiger partial charge in [-0.25, -0.2) is 0 Å². The topological polar surface area (TPSA) is 0 Å². The second-order valence-corrected chi connectivity index (χ2v) is 30.5. The minimum absolute atomic E-state index is 1.26. The van der Waals surface area contributed by atoms with E-state index in [2.05, 4.69) is 484 Å². The summed E-state index contributed by atoms with van der Waals surface area (Å²) in [6.45, 7) is 12.9. The Bertz CT molecular complexity index is 6680. The molecule has 21 rings (SSSR count). The maximum Gasteiger partial charge on any atom is -0.00266 e. The molecule has 0 aliphatic heterocycles. The van der Waals surface area contributed by atoms with E-state index < -0.39 is 0 Å². The average molecular weight is 1490 g/mol. The second-order valence-electron chi connectivity index (χ2n) is 30.5. The third-order valence-electron chi connectivity index (χ3n) is 21.8. The lowest BCUT2D eigenvalue weighted by Crippen LogP contribution is -1.85. The van der Waals surface area contributed by atoms with Gasteiger partial charge in [0.25, 0.3) is 0 Å². The van der Waals surface area contributed by atoms with E-state index in [1.54, 1.807) is 0 Å². The van der Waals surface area contributed by atoms with Gasteiger partial charge in [-0.1, -0.05) is 418 Å². The van der Waals surface area contributed by atoms with Crippen molar-refractivity contribution in [3.63, 3.8) is 0 Å². The summed E-state index contributed by atoms with van der Waals surface area (Å²) in [7, 11) is 0. The Hall–Kier alpha value is -14.3. The first-order valence-electron chi connectivity index (χ1n) is 40.2. The summed E-state index contributed by atoms with van der Waals surface area (Å²) >= 11 is 0. The highest BCUT2D eigenvalue weighted by atomic mass is 14.2. The summed E-state index contributed by atoms with van der Waals surface area (Å²) in [6, 6.07) is 160. The van der Waals surface area contributed by atoms with Crippen molar-refractivity contribution in [3.8, 4) is 89.0 Å². The van der Waals surface area contributed by atoms with Crippen molar-refractivity contribution in [2.24, 2.45) is 0 Å². The van der Waals surface area contributed by atoms with Crippen LogP contribution in [0.2, 0.25) is 0 Å². The molecule has 0 saturated heterocycles. The Kier molecular flexibility index (Phi) is 23.2. The standard InChI is InChI=1S/C27H20.2C19H16.C17H12.2C17H14/c1-19-14-26(24-12-10-20-6-2-4-8-22(20)16-24)18-27(15-19)25-13-11-21-7-3-5-9-23(21)17-25;1-15-12-18(16-8-4-2-5-9-16)14-19(13-15)17-10-6-3-7-11-17;1-15-12-13-18(16-8-4-2-5-9-16)14-19(15)17-10-6-3-7-11-17;1-11-9-14-7-5-12-3-2-4-13-6-8-15(10-11)17(14)16(12)13;1-13-7-8-17-12-16(10-9-15(17)11-13)14-5-3-2-4-6-14;1-13-7-8-15-9-10-16(12-17(15)11-13)14-5-3-2-4-6-14/h2-18H,1H3;2*2-14H,1H3;2-10H,1H3;2*2-12H,1H3. The van der Waals surface area contributed by atoms with Crippen LogP contribution in [-0.2, 0) is 0 Å². The van der Waals surface area contributed by atoms with E-state index >= 15 is 0 Å². The fraction of sp³-hybridized carbons (Fsp3) is 0.0517. The predicted molar refractivity (Wildman–Crippen MR) is 504 cm³/mol. The van der Waals surface area contributed by atoms with Crippen molar-refractivity contribution in [2.75, 3.05) is 0 Å². The first kappa shape index (κ1) is 75.7. The third-order valence-corrected chi connectivity index (χ3v) is 21.8. The molecule has 0 fully saturated rings. The average Bonchev–Trinajstić information content (AvgIpc) is 0.744. The number of hydrogen-bond donors (Lipinski definition) is 0. The lowest BCUT2D eigenvalue weighted by molar-refractivity contribution is 1.45. The third kappa shape index (κ3) is 18.2. The van der Waals surface area contributed by atoms with Crippen molar-refractivity contribution in [1.29, 1.82) is 0 Å². The van der Waals surface area contributed by atoms with Gasteiger partial charge in [0.1, 0.15) is 0 Å². The van der Waals surface area contributed by atoms with Crippen LogP contribution < -0.4 is 0 Å². The highest BCUT2D eigenvalue weighted by molar-refractivity contribution is 6.23. The van der Waals surface area contributed by atoms with Crippen molar-refractivity contribution in [2.45, 2.75) is 41.5 Å². The number of fused-ring (bicyclic) bond motifs is 4. The maximum absolute atomic E-state index is 2.31. The molecule has 0 heterocycles. The van der Waals surface area contributed by atoms with Gasteiger partial charge in [0, 0.05) is 0 Å². The first-order valence-corrected chi connectivity index (χ1v) is 40.2. The molecule has 21 aromatic carbocycles. The van der Waals surface area contributed by atoms with Gasteiger partial charge < -0.3 is 0 Å². The Labute approximate surface area is 683 Å². The summed E-state index contributed by atoms with van der Waals surface area (Å²) < 4.78 is 0. The van der Waals surface area contributed by atoms with Crippen LogP contribution in [0, 0.1) is 41.5 Å². The van der Waals surface area contributed by atoms with Gasteiger partial charge in [0.2, 0.25) is 0 Å². The van der Waals surface area contributed by atoms with Crippen molar-refractivity contribution >= 4 is 75.4 Å². The van der Waals surface area contributed by atoms with Crippen molar-refractivity contribution in [3.05, 3.63) is 482 Å². The zero-order chi connectivity index (χ0) is 79.1. The highest BCUT2D eigenvalue weighted by Crippen LogP contribution is 2.38. The van der Waals surface area contributed by atoms with Crippen LogP contribution in [0.5, 0.6) is 0 Å². The molecule has 0 saturated carbocycles. The van der Waals surface area contributed by atoms with Crippen LogP contribution in [-0.4, -0.2) is 0 Å². The van der Waals surface area contributed by atoms with Gasteiger partial charge in [-0.15, -0.1) is 0 Å². The molecule has 0 unspecified atom stereocenters. The highest BCUT2D eigenvalue weighted by Gasteiger charge is 2.12. The fourth-order valence-corrected chi connectivity index (χ4v) is 15.9. The Morgan fingerprint density at radius 1 is 0.112 bits per heavy atom. The van der Waals surface area contributed by atoms with Crippen LogP contribution in [0.3, 0.4) is 0 Å².